The summed E-state index contributed by atoms with van der Waals surface area (Å²) >= 11 is 0. The summed E-state index contributed by atoms with van der Waals surface area (Å²) in [4.78, 5) is 24.5. The third-order valence-electron chi connectivity index (χ3n) is 2.97. The van der Waals surface area contributed by atoms with Crippen LogP contribution in [0.2, 0.25) is 0 Å². The number of ether oxygens (including phenoxy) is 1. The first-order valence-electron chi connectivity index (χ1n) is 5.37. The van der Waals surface area contributed by atoms with Gasteiger partial charge in [0.25, 0.3) is 0 Å². The van der Waals surface area contributed by atoms with Crippen LogP contribution in [0, 0.1) is 11.8 Å². The maximum atomic E-state index is 11.7. The predicted octanol–water partition coefficient (Wildman–Crippen LogP) is 1.44. The quantitative estimate of drug-likeness (QED) is 0.609. The number of amides is 1. The Morgan fingerprint density at radius 2 is 2.07 bits per heavy atom. The fourth-order valence-electron chi connectivity index (χ4n) is 2.17. The zero-order chi connectivity index (χ0) is 11.2. The van der Waals surface area contributed by atoms with Crippen molar-refractivity contribution in [1.82, 2.24) is 4.90 Å². The van der Waals surface area contributed by atoms with E-state index in [1.54, 1.807) is 4.90 Å². The molecule has 0 unspecified atom stereocenters. The van der Waals surface area contributed by atoms with E-state index in [1.165, 1.54) is 0 Å². The molecule has 1 heterocycles. The van der Waals surface area contributed by atoms with Gasteiger partial charge in [-0.25, -0.2) is 4.79 Å². The molecule has 4 nitrogen and oxygen atoms in total. The lowest BCUT2D eigenvalue weighted by Crippen LogP contribution is -2.36. The smallest absolute Gasteiger partial charge is 0.410 e. The van der Waals surface area contributed by atoms with E-state index < -0.39 is 5.60 Å². The Hall–Kier alpha value is -1.06. The number of likely N-dealkylation sites (tertiary alicyclic amines) is 1. The van der Waals surface area contributed by atoms with Gasteiger partial charge in [-0.2, -0.15) is 0 Å². The fraction of sp³-hybridized carbons (Fsp3) is 0.818. The third kappa shape index (κ3) is 1.98. The molecule has 1 aliphatic heterocycles. The largest absolute Gasteiger partial charge is 0.444 e. The van der Waals surface area contributed by atoms with Crippen molar-refractivity contribution in [2.24, 2.45) is 11.8 Å². The first-order valence-corrected chi connectivity index (χ1v) is 5.37. The van der Waals surface area contributed by atoms with Crippen molar-refractivity contribution >= 4 is 11.9 Å². The molecule has 0 bridgehead atoms. The molecule has 0 aromatic rings. The molecule has 0 aromatic heterocycles. The third-order valence-corrected chi connectivity index (χ3v) is 2.97. The van der Waals surface area contributed by atoms with Crippen LogP contribution in [0.15, 0.2) is 0 Å². The predicted molar refractivity (Wildman–Crippen MR) is 54.4 cm³/mol. The summed E-state index contributed by atoms with van der Waals surface area (Å²) in [6, 6.07) is 0. The Morgan fingerprint density at radius 1 is 1.40 bits per heavy atom. The first-order chi connectivity index (χ1) is 6.87. The van der Waals surface area contributed by atoms with Crippen LogP contribution in [-0.4, -0.2) is 35.5 Å². The van der Waals surface area contributed by atoms with Crippen molar-refractivity contribution in [3.05, 3.63) is 0 Å². The number of ketones is 1. The van der Waals surface area contributed by atoms with Crippen molar-refractivity contribution in [1.29, 1.82) is 0 Å². The second-order valence-corrected chi connectivity index (χ2v) is 5.42. The normalized spacial score (nSPS) is 29.8. The van der Waals surface area contributed by atoms with E-state index in [0.29, 0.717) is 31.2 Å². The van der Waals surface area contributed by atoms with Crippen molar-refractivity contribution in [2.75, 3.05) is 13.1 Å². The van der Waals surface area contributed by atoms with Crippen molar-refractivity contribution in [3.63, 3.8) is 0 Å². The van der Waals surface area contributed by atoms with Crippen molar-refractivity contribution in [2.45, 2.75) is 32.8 Å². The summed E-state index contributed by atoms with van der Waals surface area (Å²) in [5, 5.41) is 0. The monoisotopic (exact) mass is 211 g/mol. The highest BCUT2D eigenvalue weighted by atomic mass is 16.6. The molecule has 1 amide bonds. The standard InChI is InChI=1S/C11H17NO3/c1-11(2,3)15-10(14)12-5-7-4-9(13)8(7)6-12/h7-8H,4-6H2,1-3H3/t7-,8+/m0/s1. The van der Waals surface area contributed by atoms with E-state index in [0.717, 1.165) is 0 Å². The molecule has 0 N–H and O–H groups in total. The number of hydrogen-bond acceptors (Lipinski definition) is 3. The molecule has 0 radical (unpaired) electrons. The summed E-state index contributed by atoms with van der Waals surface area (Å²) in [6.45, 7) is 6.78. The molecular formula is C11H17NO3. The number of hydrogen-bond donors (Lipinski definition) is 0. The number of nitrogens with zero attached hydrogens (tertiary/aromatic N) is 1. The van der Waals surface area contributed by atoms with Gasteiger partial charge in [0.05, 0.1) is 0 Å². The lowest BCUT2D eigenvalue weighted by Gasteiger charge is -2.25. The molecule has 0 aromatic carbocycles. The van der Waals surface area contributed by atoms with Gasteiger partial charge >= 0.3 is 6.09 Å². The summed E-state index contributed by atoms with van der Waals surface area (Å²) in [5.74, 6) is 0.786. The van der Waals surface area contributed by atoms with Gasteiger partial charge < -0.3 is 9.64 Å². The summed E-state index contributed by atoms with van der Waals surface area (Å²) in [7, 11) is 0. The summed E-state index contributed by atoms with van der Waals surface area (Å²) in [5.41, 5.74) is -0.456. The highest BCUT2D eigenvalue weighted by Crippen LogP contribution is 2.37. The maximum absolute atomic E-state index is 11.7. The number of carbonyl (C=O) groups excluding carboxylic acids is 2. The van der Waals surface area contributed by atoms with Gasteiger partial charge in [-0.1, -0.05) is 0 Å². The molecule has 84 valence electrons. The van der Waals surface area contributed by atoms with Gasteiger partial charge in [0.15, 0.2) is 0 Å². The zero-order valence-electron chi connectivity index (χ0n) is 9.45. The zero-order valence-corrected chi connectivity index (χ0v) is 9.45. The van der Waals surface area contributed by atoms with E-state index in [1.807, 2.05) is 20.8 Å². The Labute approximate surface area is 89.6 Å². The van der Waals surface area contributed by atoms with Crippen LogP contribution >= 0.6 is 0 Å². The van der Waals surface area contributed by atoms with Gasteiger partial charge in [0.1, 0.15) is 11.4 Å². The molecule has 2 atom stereocenters. The second-order valence-electron chi connectivity index (χ2n) is 5.42. The highest BCUT2D eigenvalue weighted by molar-refractivity contribution is 5.89. The number of fused-ring (bicyclic) bond motifs is 1. The minimum atomic E-state index is -0.456. The van der Waals surface area contributed by atoms with Crippen LogP contribution in [-0.2, 0) is 9.53 Å². The molecule has 1 saturated carbocycles. The highest BCUT2D eigenvalue weighted by Gasteiger charge is 2.48. The Balaban J connectivity index is 1.91. The van der Waals surface area contributed by atoms with Crippen LogP contribution < -0.4 is 0 Å². The first kappa shape index (κ1) is 10.5. The van der Waals surface area contributed by atoms with E-state index in [2.05, 4.69) is 0 Å². The maximum Gasteiger partial charge on any atom is 0.410 e. The summed E-state index contributed by atoms with van der Waals surface area (Å²) in [6.07, 6.45) is 0.356. The van der Waals surface area contributed by atoms with Gasteiger partial charge in [-0.05, 0) is 26.7 Å². The van der Waals surface area contributed by atoms with Crippen molar-refractivity contribution in [3.8, 4) is 0 Å². The average molecular weight is 211 g/mol. The molecular weight excluding hydrogens is 194 g/mol. The summed E-state index contributed by atoms with van der Waals surface area (Å²) < 4.78 is 5.26. The molecule has 15 heavy (non-hydrogen) atoms. The van der Waals surface area contributed by atoms with Gasteiger partial charge in [0, 0.05) is 25.4 Å². The van der Waals surface area contributed by atoms with Gasteiger partial charge in [-0.15, -0.1) is 0 Å². The van der Waals surface area contributed by atoms with Crippen LogP contribution in [0.25, 0.3) is 0 Å². The van der Waals surface area contributed by atoms with Crippen LogP contribution in [0.5, 0.6) is 0 Å². The number of Topliss-reactive ketones (excluding diaryl/α,β-unsaturated/α-hetero) is 1. The molecule has 2 rings (SSSR count). The molecule has 0 spiro atoms. The minimum absolute atomic E-state index is 0.0949. The topological polar surface area (TPSA) is 46.6 Å². The van der Waals surface area contributed by atoms with E-state index in [9.17, 15) is 9.59 Å². The molecule has 4 heteroatoms. The Kier molecular flexibility index (Phi) is 2.24. The molecule has 1 aliphatic carbocycles. The lowest BCUT2D eigenvalue weighted by molar-refractivity contribution is -0.131. The van der Waals surface area contributed by atoms with Gasteiger partial charge in [0.2, 0.25) is 0 Å². The second kappa shape index (κ2) is 3.22. The van der Waals surface area contributed by atoms with Gasteiger partial charge in [-0.3, -0.25) is 4.79 Å². The molecule has 2 fully saturated rings. The number of carbonyl (C=O) groups is 2. The van der Waals surface area contributed by atoms with E-state index in [4.69, 9.17) is 4.74 Å². The number of rotatable bonds is 0. The van der Waals surface area contributed by atoms with E-state index >= 15 is 0 Å². The molecule has 2 aliphatic rings. The van der Waals surface area contributed by atoms with Crippen LogP contribution in [0.1, 0.15) is 27.2 Å². The Morgan fingerprint density at radius 3 is 2.53 bits per heavy atom. The lowest BCUT2D eigenvalue weighted by atomic mass is 9.75. The fourth-order valence-corrected chi connectivity index (χ4v) is 2.17. The average Bonchev–Trinajstić information content (AvgIpc) is 2.39. The SMILES string of the molecule is CC(C)(C)OC(=O)N1C[C@@H]2CC(=O)[C@@H]2C1. The van der Waals surface area contributed by atoms with E-state index in [-0.39, 0.29) is 12.0 Å². The van der Waals surface area contributed by atoms with Crippen LogP contribution in [0.4, 0.5) is 4.79 Å². The molecule has 1 saturated heterocycles. The minimum Gasteiger partial charge on any atom is -0.444 e. The Bertz CT molecular complexity index is 305. The van der Waals surface area contributed by atoms with Crippen LogP contribution in [0.3, 0.4) is 0 Å². The van der Waals surface area contributed by atoms with Crippen molar-refractivity contribution < 1.29 is 14.3 Å².